The second-order valence-corrected chi connectivity index (χ2v) is 6.95. The van der Waals surface area contributed by atoms with E-state index in [1.807, 2.05) is 0 Å². The minimum Gasteiger partial charge on any atom is -0.456 e. The van der Waals surface area contributed by atoms with E-state index in [9.17, 15) is 22.8 Å². The highest BCUT2D eigenvalue weighted by Crippen LogP contribution is 2.19. The van der Waals surface area contributed by atoms with E-state index in [2.05, 4.69) is 10.0 Å². The van der Waals surface area contributed by atoms with Gasteiger partial charge in [-0.25, -0.2) is 13.1 Å². The first-order valence-corrected chi connectivity index (χ1v) is 8.63. The predicted molar refractivity (Wildman–Crippen MR) is 86.9 cm³/mol. The maximum Gasteiger partial charge on any atom is 0.306 e. The van der Waals surface area contributed by atoms with Crippen LogP contribution in [0.2, 0.25) is 0 Å². The smallest absolute Gasteiger partial charge is 0.306 e. The van der Waals surface area contributed by atoms with Gasteiger partial charge in [-0.15, -0.1) is 0 Å². The highest BCUT2D eigenvalue weighted by molar-refractivity contribution is 7.89. The molecule has 0 heterocycles. The summed E-state index contributed by atoms with van der Waals surface area (Å²) < 4.78 is 30.7. The molecular weight excluding hydrogens is 336 g/mol. The van der Waals surface area contributed by atoms with Gasteiger partial charge in [0.25, 0.3) is 5.91 Å². The summed E-state index contributed by atoms with van der Waals surface area (Å²) in [5.41, 5.74) is 0.789. The summed E-state index contributed by atoms with van der Waals surface area (Å²) in [6, 6.07) is 4.41. The van der Waals surface area contributed by atoms with E-state index in [1.165, 1.54) is 20.0 Å². The first kappa shape index (κ1) is 19.8. The van der Waals surface area contributed by atoms with Gasteiger partial charge in [0.2, 0.25) is 10.0 Å². The van der Waals surface area contributed by atoms with Gasteiger partial charge in [-0.05, 0) is 38.6 Å². The number of hydrogen-bond acceptors (Lipinski definition) is 6. The summed E-state index contributed by atoms with van der Waals surface area (Å²) >= 11 is 0. The Hall–Kier alpha value is -2.26. The summed E-state index contributed by atoms with van der Waals surface area (Å²) in [5, 5.41) is 2.45. The van der Waals surface area contributed by atoms with Gasteiger partial charge < -0.3 is 14.8 Å². The zero-order valence-electron chi connectivity index (χ0n) is 13.7. The third-order valence-electron chi connectivity index (χ3n) is 3.08. The molecule has 0 atom stereocenters. The van der Waals surface area contributed by atoms with Crippen molar-refractivity contribution in [2.24, 2.45) is 0 Å². The molecule has 0 saturated heterocycles. The lowest BCUT2D eigenvalue weighted by Gasteiger charge is -2.10. The molecule has 0 unspecified atom stereocenters. The molecule has 1 aromatic carbocycles. The normalized spacial score (nSPS) is 11.0. The lowest BCUT2D eigenvalue weighted by molar-refractivity contribution is -0.148. The van der Waals surface area contributed by atoms with Crippen molar-refractivity contribution >= 4 is 33.4 Å². The number of aryl methyl sites for hydroxylation is 1. The second-order valence-electron chi connectivity index (χ2n) is 5.10. The Morgan fingerprint density at radius 1 is 1.17 bits per heavy atom. The molecule has 0 fully saturated rings. The molecule has 0 bridgehead atoms. The van der Waals surface area contributed by atoms with Crippen molar-refractivity contribution in [2.75, 3.05) is 19.0 Å². The summed E-state index contributed by atoms with van der Waals surface area (Å²) in [6.07, 6.45) is -0.0264. The van der Waals surface area contributed by atoms with Gasteiger partial charge >= 0.3 is 5.97 Å². The summed E-state index contributed by atoms with van der Waals surface area (Å²) in [4.78, 5) is 33.9. The highest BCUT2D eigenvalue weighted by atomic mass is 32.2. The van der Waals surface area contributed by atoms with Gasteiger partial charge in [-0.2, -0.15) is 0 Å². The van der Waals surface area contributed by atoms with E-state index in [4.69, 9.17) is 4.74 Å². The molecule has 0 aromatic heterocycles. The fourth-order valence-electron chi connectivity index (χ4n) is 1.77. The van der Waals surface area contributed by atoms with Gasteiger partial charge in [-0.1, -0.05) is 6.07 Å². The van der Waals surface area contributed by atoms with Crippen molar-refractivity contribution in [2.45, 2.75) is 31.6 Å². The number of ketones is 1. The standard InChI is InChI=1S/C15H20N2O6S/c1-10-4-6-12(8-13(10)24(21,22)16-3)17-14(19)9-23-15(20)7-5-11(2)18/h4,6,8,16H,5,7,9H2,1-3H3,(H,17,19). The van der Waals surface area contributed by atoms with E-state index in [-0.39, 0.29) is 29.2 Å². The van der Waals surface area contributed by atoms with Crippen LogP contribution in [0.5, 0.6) is 0 Å². The Morgan fingerprint density at radius 2 is 1.83 bits per heavy atom. The quantitative estimate of drug-likeness (QED) is 0.664. The van der Waals surface area contributed by atoms with Crippen LogP contribution in [0.15, 0.2) is 23.1 Å². The monoisotopic (exact) mass is 356 g/mol. The van der Waals surface area contributed by atoms with E-state index >= 15 is 0 Å². The van der Waals surface area contributed by atoms with Gasteiger partial charge in [0.05, 0.1) is 11.3 Å². The highest BCUT2D eigenvalue weighted by Gasteiger charge is 2.16. The predicted octanol–water partition coefficient (Wildman–Crippen LogP) is 0.754. The number of rotatable bonds is 8. The number of benzene rings is 1. The number of esters is 1. The Bertz CT molecular complexity index is 742. The van der Waals surface area contributed by atoms with Crippen LogP contribution in [0.1, 0.15) is 25.3 Å². The van der Waals surface area contributed by atoms with Crippen LogP contribution in [-0.2, 0) is 29.1 Å². The molecule has 1 aromatic rings. The molecule has 0 spiro atoms. The van der Waals surface area contributed by atoms with E-state index in [0.29, 0.717) is 5.56 Å². The molecule has 0 aliphatic carbocycles. The van der Waals surface area contributed by atoms with Crippen LogP contribution in [0.4, 0.5) is 5.69 Å². The molecule has 0 aliphatic rings. The lowest BCUT2D eigenvalue weighted by atomic mass is 10.2. The maximum atomic E-state index is 11.9. The van der Waals surface area contributed by atoms with Crippen molar-refractivity contribution in [1.82, 2.24) is 4.72 Å². The zero-order valence-corrected chi connectivity index (χ0v) is 14.5. The van der Waals surface area contributed by atoms with Crippen molar-refractivity contribution in [1.29, 1.82) is 0 Å². The molecule has 2 N–H and O–H groups in total. The Balaban J connectivity index is 2.67. The van der Waals surface area contributed by atoms with Crippen molar-refractivity contribution < 1.29 is 27.5 Å². The Labute approximate surface area is 140 Å². The molecular formula is C15H20N2O6S. The number of ether oxygens (including phenoxy) is 1. The molecule has 0 aliphatic heterocycles. The summed E-state index contributed by atoms with van der Waals surface area (Å²) in [5.74, 6) is -1.40. The number of hydrogen-bond donors (Lipinski definition) is 2. The van der Waals surface area contributed by atoms with Crippen molar-refractivity contribution in [3.05, 3.63) is 23.8 Å². The molecule has 9 heteroatoms. The van der Waals surface area contributed by atoms with Crippen molar-refractivity contribution in [3.63, 3.8) is 0 Å². The maximum absolute atomic E-state index is 11.9. The number of anilines is 1. The van der Waals surface area contributed by atoms with E-state index in [1.54, 1.807) is 19.1 Å². The van der Waals surface area contributed by atoms with Crippen molar-refractivity contribution in [3.8, 4) is 0 Å². The second kappa shape index (κ2) is 8.55. The largest absolute Gasteiger partial charge is 0.456 e. The van der Waals surface area contributed by atoms with Crippen LogP contribution in [0.25, 0.3) is 0 Å². The molecule has 132 valence electrons. The van der Waals surface area contributed by atoms with Gasteiger partial charge in [0.15, 0.2) is 6.61 Å². The fourth-order valence-corrected chi connectivity index (χ4v) is 2.76. The lowest BCUT2D eigenvalue weighted by Crippen LogP contribution is -2.22. The SMILES string of the molecule is CNS(=O)(=O)c1cc(NC(=O)COC(=O)CCC(C)=O)ccc1C. The molecule has 0 radical (unpaired) electrons. The van der Waals surface area contributed by atoms with Crippen LogP contribution in [0, 0.1) is 6.92 Å². The average molecular weight is 356 g/mol. The average Bonchev–Trinajstić information content (AvgIpc) is 2.52. The number of carbonyl (C=O) groups excluding carboxylic acids is 3. The van der Waals surface area contributed by atoms with E-state index in [0.717, 1.165) is 0 Å². The van der Waals surface area contributed by atoms with Crippen LogP contribution in [-0.4, -0.2) is 39.7 Å². The Morgan fingerprint density at radius 3 is 2.42 bits per heavy atom. The number of Topliss-reactive ketones (excluding diaryl/α,β-unsaturated/α-hetero) is 1. The molecule has 1 rings (SSSR count). The van der Waals surface area contributed by atoms with Crippen LogP contribution >= 0.6 is 0 Å². The first-order valence-electron chi connectivity index (χ1n) is 7.15. The molecule has 8 nitrogen and oxygen atoms in total. The fraction of sp³-hybridized carbons (Fsp3) is 0.400. The number of nitrogens with one attached hydrogen (secondary N) is 2. The van der Waals surface area contributed by atoms with Gasteiger partial charge in [0.1, 0.15) is 5.78 Å². The minimum atomic E-state index is -3.65. The number of sulfonamides is 1. The van der Waals surface area contributed by atoms with Crippen LogP contribution < -0.4 is 10.0 Å². The van der Waals surface area contributed by atoms with Gasteiger partial charge in [0, 0.05) is 12.1 Å². The Kier molecular flexibility index (Phi) is 7.05. The minimum absolute atomic E-state index is 0.0428. The molecule has 0 saturated carbocycles. The third kappa shape index (κ3) is 6.09. The van der Waals surface area contributed by atoms with Crippen LogP contribution in [0.3, 0.4) is 0 Å². The third-order valence-corrected chi connectivity index (χ3v) is 4.63. The molecule has 1 amide bonds. The zero-order chi connectivity index (χ0) is 18.3. The first-order chi connectivity index (χ1) is 11.2. The summed E-state index contributed by atoms with van der Waals surface area (Å²) in [7, 11) is -2.35. The molecule has 24 heavy (non-hydrogen) atoms. The van der Waals surface area contributed by atoms with Gasteiger partial charge in [-0.3, -0.25) is 9.59 Å². The number of carbonyl (C=O) groups is 3. The summed E-state index contributed by atoms with van der Waals surface area (Å²) in [6.45, 7) is 2.47. The number of amides is 1. The topological polar surface area (TPSA) is 119 Å². The van der Waals surface area contributed by atoms with E-state index < -0.39 is 28.5 Å².